The van der Waals surface area contributed by atoms with Crippen molar-refractivity contribution >= 4 is 21.7 Å². The van der Waals surface area contributed by atoms with Crippen LogP contribution >= 0.6 is 15.9 Å². The van der Waals surface area contributed by atoms with Crippen LogP contribution in [0.1, 0.15) is 27.0 Å². The van der Waals surface area contributed by atoms with E-state index >= 15 is 0 Å². The van der Waals surface area contributed by atoms with Crippen molar-refractivity contribution in [2.24, 2.45) is 0 Å². The van der Waals surface area contributed by atoms with Gasteiger partial charge in [-0.25, -0.2) is 4.39 Å². The summed E-state index contributed by atoms with van der Waals surface area (Å²) in [6.07, 6.45) is -4.80. The van der Waals surface area contributed by atoms with E-state index in [9.17, 15) is 22.4 Å². The molecule has 0 spiro atoms. The van der Waals surface area contributed by atoms with Gasteiger partial charge in [-0.05, 0) is 42.8 Å². The number of rotatable bonds is 2. The van der Waals surface area contributed by atoms with E-state index in [0.29, 0.717) is 10.5 Å². The van der Waals surface area contributed by atoms with Crippen LogP contribution in [-0.4, -0.2) is 5.78 Å². The van der Waals surface area contributed by atoms with Gasteiger partial charge < -0.3 is 0 Å². The van der Waals surface area contributed by atoms with Gasteiger partial charge in [0.25, 0.3) is 0 Å². The number of ketones is 1. The maximum atomic E-state index is 13.1. The standard InChI is InChI=1S/C15H9BrF4O/c1-8-2-4-11(13(16)6-8)14(21)10-5-3-9(17)7-12(10)15(18,19)20/h2-7H,1H3. The van der Waals surface area contributed by atoms with Gasteiger partial charge in [-0.15, -0.1) is 0 Å². The Labute approximate surface area is 126 Å². The molecule has 0 unspecified atom stereocenters. The van der Waals surface area contributed by atoms with Gasteiger partial charge >= 0.3 is 6.18 Å². The first-order chi connectivity index (χ1) is 9.70. The second-order valence-corrected chi connectivity index (χ2v) is 5.35. The molecule has 0 fully saturated rings. The summed E-state index contributed by atoms with van der Waals surface area (Å²) in [5.74, 6) is -1.85. The molecule has 0 aromatic heterocycles. The highest BCUT2D eigenvalue weighted by Gasteiger charge is 2.36. The van der Waals surface area contributed by atoms with Crippen LogP contribution in [0.3, 0.4) is 0 Å². The maximum absolute atomic E-state index is 13.1. The van der Waals surface area contributed by atoms with E-state index in [0.717, 1.165) is 17.7 Å². The predicted octanol–water partition coefficient (Wildman–Crippen LogP) is 5.15. The summed E-state index contributed by atoms with van der Waals surface area (Å²) in [7, 11) is 0. The molecule has 0 saturated carbocycles. The lowest BCUT2D eigenvalue weighted by Crippen LogP contribution is -2.14. The fraction of sp³-hybridized carbons (Fsp3) is 0.133. The molecular formula is C15H9BrF4O. The van der Waals surface area contributed by atoms with Crippen LogP contribution in [0.25, 0.3) is 0 Å². The number of aryl methyl sites for hydroxylation is 1. The molecule has 2 aromatic rings. The Hall–Kier alpha value is -1.69. The van der Waals surface area contributed by atoms with E-state index in [1.54, 1.807) is 19.1 Å². The maximum Gasteiger partial charge on any atom is 0.417 e. The van der Waals surface area contributed by atoms with E-state index in [2.05, 4.69) is 15.9 Å². The molecule has 0 aliphatic carbocycles. The number of hydrogen-bond acceptors (Lipinski definition) is 1. The highest BCUT2D eigenvalue weighted by Crippen LogP contribution is 2.34. The third-order valence-corrected chi connectivity index (χ3v) is 3.56. The van der Waals surface area contributed by atoms with Crippen LogP contribution in [0.15, 0.2) is 40.9 Å². The Balaban J connectivity index is 2.59. The van der Waals surface area contributed by atoms with Crippen LogP contribution in [0.5, 0.6) is 0 Å². The molecule has 1 nitrogen and oxygen atoms in total. The minimum absolute atomic E-state index is 0.0951. The number of hydrogen-bond donors (Lipinski definition) is 0. The zero-order valence-corrected chi connectivity index (χ0v) is 12.3. The molecule has 110 valence electrons. The minimum atomic E-state index is -4.80. The summed E-state index contributed by atoms with van der Waals surface area (Å²) in [5.41, 5.74) is -0.903. The fourth-order valence-corrected chi connectivity index (χ4v) is 2.57. The normalized spacial score (nSPS) is 11.5. The van der Waals surface area contributed by atoms with Gasteiger partial charge in [0.1, 0.15) is 5.82 Å². The quantitative estimate of drug-likeness (QED) is 0.534. The zero-order valence-electron chi connectivity index (χ0n) is 10.8. The van der Waals surface area contributed by atoms with E-state index in [4.69, 9.17) is 0 Å². The highest BCUT2D eigenvalue weighted by atomic mass is 79.9. The number of alkyl halides is 3. The number of halogens is 5. The van der Waals surface area contributed by atoms with Crippen molar-refractivity contribution in [3.8, 4) is 0 Å². The van der Waals surface area contributed by atoms with Crippen molar-refractivity contribution in [3.63, 3.8) is 0 Å². The molecule has 2 aromatic carbocycles. The van der Waals surface area contributed by atoms with Crippen LogP contribution in [0.4, 0.5) is 17.6 Å². The van der Waals surface area contributed by atoms with E-state index in [1.165, 1.54) is 6.07 Å². The third kappa shape index (κ3) is 3.32. The first-order valence-corrected chi connectivity index (χ1v) is 6.67. The largest absolute Gasteiger partial charge is 0.417 e. The average molecular weight is 361 g/mol. The summed E-state index contributed by atoms with van der Waals surface area (Å²) < 4.78 is 52.3. The summed E-state index contributed by atoms with van der Waals surface area (Å²) in [6.45, 7) is 1.79. The van der Waals surface area contributed by atoms with Crippen molar-refractivity contribution in [1.82, 2.24) is 0 Å². The smallest absolute Gasteiger partial charge is 0.289 e. The molecule has 0 amide bonds. The second kappa shape index (κ2) is 5.60. The van der Waals surface area contributed by atoms with Gasteiger partial charge in [0.2, 0.25) is 0 Å². The Morgan fingerprint density at radius 2 is 1.67 bits per heavy atom. The molecule has 6 heteroatoms. The summed E-state index contributed by atoms with van der Waals surface area (Å²) in [4.78, 5) is 12.3. The molecule has 0 radical (unpaired) electrons. The van der Waals surface area contributed by atoms with Gasteiger partial charge in [-0.2, -0.15) is 13.2 Å². The minimum Gasteiger partial charge on any atom is -0.289 e. The van der Waals surface area contributed by atoms with Crippen LogP contribution in [-0.2, 0) is 6.18 Å². The summed E-state index contributed by atoms with van der Waals surface area (Å²) in [6, 6.07) is 6.71. The SMILES string of the molecule is Cc1ccc(C(=O)c2ccc(F)cc2C(F)(F)F)c(Br)c1. The van der Waals surface area contributed by atoms with Gasteiger partial charge in [0.05, 0.1) is 5.56 Å². The van der Waals surface area contributed by atoms with Crippen LogP contribution < -0.4 is 0 Å². The summed E-state index contributed by atoms with van der Waals surface area (Å²) >= 11 is 3.16. The molecule has 0 bridgehead atoms. The molecule has 0 aliphatic heterocycles. The Morgan fingerprint density at radius 3 is 2.24 bits per heavy atom. The topological polar surface area (TPSA) is 17.1 Å². The Kier molecular flexibility index (Phi) is 4.18. The first-order valence-electron chi connectivity index (χ1n) is 5.88. The van der Waals surface area contributed by atoms with Gasteiger partial charge in [-0.1, -0.05) is 22.0 Å². The van der Waals surface area contributed by atoms with Crippen molar-refractivity contribution in [2.75, 3.05) is 0 Å². The lowest BCUT2D eigenvalue weighted by molar-refractivity contribution is -0.138. The molecule has 0 N–H and O–H groups in total. The monoisotopic (exact) mass is 360 g/mol. The molecular weight excluding hydrogens is 352 g/mol. The van der Waals surface area contributed by atoms with Crippen molar-refractivity contribution in [1.29, 1.82) is 0 Å². The molecule has 0 heterocycles. The van der Waals surface area contributed by atoms with Gasteiger partial charge in [-0.3, -0.25) is 4.79 Å². The lowest BCUT2D eigenvalue weighted by atomic mass is 9.97. The Morgan fingerprint density at radius 1 is 1.05 bits per heavy atom. The molecule has 0 aliphatic rings. The number of carbonyl (C=O) groups is 1. The molecule has 0 saturated heterocycles. The van der Waals surface area contributed by atoms with Crippen molar-refractivity contribution in [2.45, 2.75) is 13.1 Å². The Bertz CT molecular complexity index is 707. The van der Waals surface area contributed by atoms with E-state index < -0.39 is 28.9 Å². The average Bonchev–Trinajstić information content (AvgIpc) is 2.37. The zero-order chi connectivity index (χ0) is 15.8. The van der Waals surface area contributed by atoms with E-state index in [1.807, 2.05) is 0 Å². The first kappa shape index (κ1) is 15.7. The molecule has 21 heavy (non-hydrogen) atoms. The molecule has 0 atom stereocenters. The fourth-order valence-electron chi connectivity index (χ4n) is 1.90. The van der Waals surface area contributed by atoms with Crippen LogP contribution in [0.2, 0.25) is 0 Å². The van der Waals surface area contributed by atoms with Crippen molar-refractivity contribution in [3.05, 3.63) is 68.9 Å². The van der Waals surface area contributed by atoms with Gasteiger partial charge in [0.15, 0.2) is 5.78 Å². The second-order valence-electron chi connectivity index (χ2n) is 4.50. The number of benzene rings is 2. The van der Waals surface area contributed by atoms with Gasteiger partial charge in [0, 0.05) is 15.6 Å². The predicted molar refractivity (Wildman–Crippen MR) is 73.7 cm³/mol. The summed E-state index contributed by atoms with van der Waals surface area (Å²) in [5, 5.41) is 0. The lowest BCUT2D eigenvalue weighted by Gasteiger charge is -2.13. The number of carbonyl (C=O) groups excluding carboxylic acids is 1. The highest BCUT2D eigenvalue weighted by molar-refractivity contribution is 9.10. The van der Waals surface area contributed by atoms with Crippen molar-refractivity contribution < 1.29 is 22.4 Å². The molecule has 2 rings (SSSR count). The third-order valence-electron chi connectivity index (χ3n) is 2.90. The van der Waals surface area contributed by atoms with Crippen LogP contribution in [0, 0.1) is 12.7 Å². The van der Waals surface area contributed by atoms with E-state index in [-0.39, 0.29) is 5.56 Å².